The van der Waals surface area contributed by atoms with Crippen LogP contribution in [0.4, 0.5) is 5.69 Å². The van der Waals surface area contributed by atoms with E-state index in [0.29, 0.717) is 7.41 Å². The van der Waals surface area contributed by atoms with Crippen LogP contribution < -0.4 is 5.73 Å². The van der Waals surface area contributed by atoms with Crippen molar-refractivity contribution in [2.45, 2.75) is 6.54 Å². The van der Waals surface area contributed by atoms with Crippen molar-refractivity contribution in [2.24, 2.45) is 0 Å². The second-order valence-electron chi connectivity index (χ2n) is 3.11. The van der Waals surface area contributed by atoms with Gasteiger partial charge in [-0.1, -0.05) is 12.1 Å². The molecule has 0 saturated carbocycles. The zero-order chi connectivity index (χ0) is 9.68. The number of nitrogens with zero attached hydrogens (tertiary/aromatic N) is 1. The van der Waals surface area contributed by atoms with Crippen LogP contribution in [0, 0.1) is 0 Å². The Bertz CT molecular complexity index is 291. The zero-order valence-corrected chi connectivity index (χ0v) is 7.73. The molecular formula is C9H13BN2O. The first-order valence-electron chi connectivity index (χ1n) is 4.19. The highest BCUT2D eigenvalue weighted by Gasteiger charge is 2.00. The van der Waals surface area contributed by atoms with Crippen molar-refractivity contribution < 1.29 is 4.79 Å². The van der Waals surface area contributed by atoms with Crippen LogP contribution in [-0.2, 0) is 11.3 Å². The predicted octanol–water partition coefficient (Wildman–Crippen LogP) is 0.242. The number of hydrogen-bond donors (Lipinski definition) is 1. The van der Waals surface area contributed by atoms with Crippen molar-refractivity contribution in [2.75, 3.05) is 12.8 Å². The molecule has 0 amide bonds. The minimum atomic E-state index is 0.453. The quantitative estimate of drug-likeness (QED) is 0.406. The Balaban J connectivity index is 2.58. The summed E-state index contributed by atoms with van der Waals surface area (Å²) in [7, 11) is 2.35. The maximum absolute atomic E-state index is 10.2. The van der Waals surface area contributed by atoms with Gasteiger partial charge in [0.25, 0.3) is 7.41 Å². The number of benzene rings is 1. The summed E-state index contributed by atoms with van der Waals surface area (Å²) in [4.78, 5) is 12.1. The molecule has 3 nitrogen and oxygen atoms in total. The molecule has 4 heteroatoms. The number of hydrogen-bond acceptors (Lipinski definition) is 3. The fraction of sp³-hybridized carbons (Fsp3) is 0.222. The summed E-state index contributed by atoms with van der Waals surface area (Å²) in [6.07, 6.45) is 0.895. The highest BCUT2D eigenvalue weighted by molar-refractivity contribution is 6.64. The van der Waals surface area contributed by atoms with Crippen molar-refractivity contribution in [3.8, 4) is 0 Å². The smallest absolute Gasteiger partial charge is 0.281 e. The van der Waals surface area contributed by atoms with Gasteiger partial charge in [0.15, 0.2) is 0 Å². The average Bonchev–Trinajstić information content (AvgIpc) is 2.04. The van der Waals surface area contributed by atoms with Gasteiger partial charge in [0.1, 0.15) is 0 Å². The third-order valence-electron chi connectivity index (χ3n) is 1.79. The predicted molar refractivity (Wildman–Crippen MR) is 56.2 cm³/mol. The van der Waals surface area contributed by atoms with Gasteiger partial charge in [-0.25, -0.2) is 0 Å². The lowest BCUT2D eigenvalue weighted by Crippen LogP contribution is -2.23. The lowest BCUT2D eigenvalue weighted by atomic mass is 9.95. The number of anilines is 1. The molecule has 0 aliphatic heterocycles. The minimum absolute atomic E-state index is 0.453. The van der Waals surface area contributed by atoms with Crippen LogP contribution in [0.5, 0.6) is 0 Å². The Morgan fingerprint density at radius 2 is 2.38 bits per heavy atom. The van der Waals surface area contributed by atoms with Gasteiger partial charge in [0.05, 0.1) is 6.19 Å². The number of carbonyl (C=O) groups is 1. The SMILES string of the molecule is CN(BC=O)Cc1cccc(N)c1. The Labute approximate surface area is 78.8 Å². The molecule has 1 aromatic rings. The molecule has 0 fully saturated rings. The summed E-state index contributed by atoms with van der Waals surface area (Å²) in [5.41, 5.74) is 7.51. The maximum Gasteiger partial charge on any atom is 0.281 e. The van der Waals surface area contributed by atoms with Crippen LogP contribution in [0.3, 0.4) is 0 Å². The summed E-state index contributed by atoms with van der Waals surface area (Å²) >= 11 is 0. The summed E-state index contributed by atoms with van der Waals surface area (Å²) in [5.74, 6) is 0. The van der Waals surface area contributed by atoms with Gasteiger partial charge >= 0.3 is 0 Å². The number of nitrogens with two attached hydrogens (primary N) is 1. The molecule has 0 saturated heterocycles. The first-order chi connectivity index (χ1) is 6.22. The molecule has 0 radical (unpaired) electrons. The van der Waals surface area contributed by atoms with Gasteiger partial charge in [-0.2, -0.15) is 0 Å². The van der Waals surface area contributed by atoms with E-state index in [9.17, 15) is 4.79 Å². The maximum atomic E-state index is 10.2. The van der Waals surface area contributed by atoms with Gasteiger partial charge in [0.2, 0.25) is 0 Å². The molecule has 0 unspecified atom stereocenters. The second kappa shape index (κ2) is 4.67. The normalized spacial score (nSPS) is 10.0. The van der Waals surface area contributed by atoms with E-state index in [-0.39, 0.29) is 0 Å². The van der Waals surface area contributed by atoms with Gasteiger partial charge in [0, 0.05) is 12.2 Å². The number of rotatable bonds is 4. The lowest BCUT2D eigenvalue weighted by molar-refractivity contribution is 0.526. The Kier molecular flexibility index (Phi) is 3.52. The first kappa shape index (κ1) is 9.80. The molecule has 68 valence electrons. The van der Waals surface area contributed by atoms with Crippen LogP contribution in [0.15, 0.2) is 24.3 Å². The third kappa shape index (κ3) is 3.30. The Hall–Kier alpha value is -1.29. The van der Waals surface area contributed by atoms with E-state index in [1.165, 1.54) is 0 Å². The van der Waals surface area contributed by atoms with Crippen molar-refractivity contribution >= 4 is 19.3 Å². The molecule has 0 aliphatic carbocycles. The molecule has 13 heavy (non-hydrogen) atoms. The molecule has 0 bridgehead atoms. The molecule has 2 N–H and O–H groups in total. The Morgan fingerprint density at radius 1 is 1.62 bits per heavy atom. The molecular weight excluding hydrogens is 163 g/mol. The van der Waals surface area contributed by atoms with Crippen molar-refractivity contribution in [3.05, 3.63) is 29.8 Å². The third-order valence-corrected chi connectivity index (χ3v) is 1.79. The van der Waals surface area contributed by atoms with E-state index in [2.05, 4.69) is 0 Å². The summed E-state index contributed by atoms with van der Waals surface area (Å²) < 4.78 is 0. The highest BCUT2D eigenvalue weighted by Crippen LogP contribution is 2.07. The van der Waals surface area contributed by atoms with Crippen LogP contribution in [0.2, 0.25) is 0 Å². The average molecular weight is 176 g/mol. The van der Waals surface area contributed by atoms with Crippen molar-refractivity contribution in [1.82, 2.24) is 4.81 Å². The first-order valence-corrected chi connectivity index (χ1v) is 4.19. The van der Waals surface area contributed by atoms with Crippen LogP contribution >= 0.6 is 0 Å². The monoisotopic (exact) mass is 176 g/mol. The van der Waals surface area contributed by atoms with Gasteiger partial charge in [-0.15, -0.1) is 0 Å². The summed E-state index contributed by atoms with van der Waals surface area (Å²) in [6, 6.07) is 7.68. The van der Waals surface area contributed by atoms with E-state index in [0.717, 1.165) is 24.0 Å². The fourth-order valence-corrected chi connectivity index (χ4v) is 1.19. The largest absolute Gasteiger partial charge is 0.399 e. The lowest BCUT2D eigenvalue weighted by Gasteiger charge is -2.12. The van der Waals surface area contributed by atoms with Crippen molar-refractivity contribution in [3.63, 3.8) is 0 Å². The number of carbonyl (C=O) groups excluding carboxylic acids is 1. The summed E-state index contributed by atoms with van der Waals surface area (Å²) in [6.45, 7) is 0.754. The van der Waals surface area contributed by atoms with E-state index >= 15 is 0 Å². The van der Waals surface area contributed by atoms with Gasteiger partial charge < -0.3 is 15.3 Å². The van der Waals surface area contributed by atoms with Gasteiger partial charge in [-0.05, 0) is 24.7 Å². The Morgan fingerprint density at radius 3 is 3.00 bits per heavy atom. The van der Waals surface area contributed by atoms with Crippen LogP contribution in [0.25, 0.3) is 0 Å². The molecule has 0 aromatic heterocycles. The van der Waals surface area contributed by atoms with E-state index < -0.39 is 0 Å². The molecule has 0 atom stereocenters. The van der Waals surface area contributed by atoms with Gasteiger partial charge in [-0.3, -0.25) is 0 Å². The number of nitrogen functional groups attached to an aromatic ring is 1. The molecule has 1 rings (SSSR count). The fourth-order valence-electron chi connectivity index (χ4n) is 1.19. The standard InChI is InChI=1S/C9H13BN2O/c1-12(10-7-13)6-8-3-2-4-9(11)5-8/h2-5,7,10H,6,11H2,1H3. The second-order valence-corrected chi connectivity index (χ2v) is 3.11. The van der Waals surface area contributed by atoms with E-state index in [4.69, 9.17) is 5.73 Å². The summed E-state index contributed by atoms with van der Waals surface area (Å²) in [5, 5.41) is 0. The molecule has 0 spiro atoms. The molecule has 1 aromatic carbocycles. The van der Waals surface area contributed by atoms with Crippen molar-refractivity contribution in [1.29, 1.82) is 0 Å². The van der Waals surface area contributed by atoms with E-state index in [1.54, 1.807) is 0 Å². The molecule has 0 aliphatic rings. The minimum Gasteiger partial charge on any atom is -0.399 e. The van der Waals surface area contributed by atoms with Crippen LogP contribution in [0.1, 0.15) is 5.56 Å². The topological polar surface area (TPSA) is 46.3 Å². The highest BCUT2D eigenvalue weighted by atomic mass is 16.1. The molecule has 0 heterocycles. The zero-order valence-electron chi connectivity index (χ0n) is 7.73. The van der Waals surface area contributed by atoms with E-state index in [1.807, 2.05) is 36.1 Å². The van der Waals surface area contributed by atoms with Crippen LogP contribution in [-0.4, -0.2) is 25.5 Å².